The largest absolute Gasteiger partial charge is 0.471 e. The molecule has 2 rings (SSSR count). The van der Waals surface area contributed by atoms with Crippen molar-refractivity contribution in [1.82, 2.24) is 4.90 Å². The van der Waals surface area contributed by atoms with Crippen LogP contribution >= 0.6 is 15.9 Å². The predicted molar refractivity (Wildman–Crippen MR) is 79.0 cm³/mol. The Morgan fingerprint density at radius 3 is 2.24 bits per heavy atom. The van der Waals surface area contributed by atoms with Gasteiger partial charge in [-0.3, -0.25) is 4.79 Å². The van der Waals surface area contributed by atoms with E-state index in [9.17, 15) is 18.0 Å². The molecule has 0 aliphatic carbocycles. The minimum Gasteiger partial charge on any atom is -0.335 e. The number of amides is 1. The molecule has 0 atom stereocenters. The highest BCUT2D eigenvalue weighted by Crippen LogP contribution is 2.30. The van der Waals surface area contributed by atoms with Crippen LogP contribution in [-0.4, -0.2) is 30.1 Å². The van der Waals surface area contributed by atoms with E-state index in [1.807, 2.05) is 30.3 Å². The van der Waals surface area contributed by atoms with Gasteiger partial charge >= 0.3 is 12.1 Å². The summed E-state index contributed by atoms with van der Waals surface area (Å²) < 4.78 is 37.1. The Hall–Kier alpha value is -1.30. The first-order valence-electron chi connectivity index (χ1n) is 6.64. The summed E-state index contributed by atoms with van der Waals surface area (Å²) in [4.78, 5) is 13.8. The number of rotatable bonds is 2. The van der Waals surface area contributed by atoms with Crippen molar-refractivity contribution in [3.05, 3.63) is 40.4 Å². The molecule has 1 aliphatic rings. The van der Waals surface area contributed by atoms with Crippen LogP contribution in [0.5, 0.6) is 0 Å². The molecule has 6 heteroatoms. The normalized spacial score (nSPS) is 17.4. The van der Waals surface area contributed by atoms with Gasteiger partial charge in [-0.15, -0.1) is 0 Å². The average molecular weight is 362 g/mol. The Balaban J connectivity index is 1.96. The van der Waals surface area contributed by atoms with Crippen molar-refractivity contribution in [1.29, 1.82) is 0 Å². The van der Waals surface area contributed by atoms with Gasteiger partial charge in [-0.25, -0.2) is 0 Å². The van der Waals surface area contributed by atoms with Gasteiger partial charge in [0.2, 0.25) is 0 Å². The van der Waals surface area contributed by atoms with Crippen LogP contribution in [0.1, 0.15) is 29.9 Å². The average Bonchev–Trinajstić information content (AvgIpc) is 2.47. The van der Waals surface area contributed by atoms with Crippen LogP contribution in [0.15, 0.2) is 29.3 Å². The highest BCUT2D eigenvalue weighted by atomic mass is 79.9. The van der Waals surface area contributed by atoms with Crippen LogP contribution in [0, 0.1) is 0 Å². The predicted octanol–water partition coefficient (Wildman–Crippen LogP) is 4.32. The van der Waals surface area contributed by atoms with E-state index in [4.69, 9.17) is 0 Å². The lowest BCUT2D eigenvalue weighted by Crippen LogP contribution is -2.45. The van der Waals surface area contributed by atoms with Crippen LogP contribution in [0.4, 0.5) is 13.2 Å². The lowest BCUT2D eigenvalue weighted by molar-refractivity contribution is -0.186. The molecule has 1 saturated heterocycles. The first kappa shape index (κ1) is 16.1. The molecule has 0 saturated carbocycles. The van der Waals surface area contributed by atoms with E-state index >= 15 is 0 Å². The van der Waals surface area contributed by atoms with Crippen molar-refractivity contribution in [3.63, 3.8) is 0 Å². The first-order chi connectivity index (χ1) is 9.91. The molecular weight excluding hydrogens is 347 g/mol. The molecular formula is C15H15BrF3NO. The van der Waals surface area contributed by atoms with Gasteiger partial charge in [-0.05, 0) is 40.9 Å². The number of hydrogen-bond acceptors (Lipinski definition) is 1. The fourth-order valence-electron chi connectivity index (χ4n) is 2.55. The number of hydrogen-bond donors (Lipinski definition) is 0. The van der Waals surface area contributed by atoms with Crippen molar-refractivity contribution in [2.24, 2.45) is 0 Å². The minimum absolute atomic E-state index is 0.159. The number of benzene rings is 1. The summed E-state index contributed by atoms with van der Waals surface area (Å²) in [6.45, 7) is 0.318. The summed E-state index contributed by atoms with van der Waals surface area (Å²) in [7, 11) is 0. The second kappa shape index (κ2) is 6.64. The number of carbonyl (C=O) groups excluding carboxylic acids is 1. The molecule has 0 aromatic heterocycles. The molecule has 0 unspecified atom stereocenters. The topological polar surface area (TPSA) is 20.3 Å². The maximum absolute atomic E-state index is 12.4. The zero-order valence-electron chi connectivity index (χ0n) is 11.2. The summed E-state index contributed by atoms with van der Waals surface area (Å²) in [5.41, 5.74) is 2.17. The van der Waals surface area contributed by atoms with E-state index in [0.29, 0.717) is 12.8 Å². The highest BCUT2D eigenvalue weighted by molar-refractivity contribution is 9.11. The van der Waals surface area contributed by atoms with E-state index in [2.05, 4.69) is 15.9 Å². The Morgan fingerprint density at radius 1 is 1.19 bits per heavy atom. The molecule has 2 nitrogen and oxygen atoms in total. The van der Waals surface area contributed by atoms with Crippen LogP contribution in [0.25, 0.3) is 6.08 Å². The molecule has 1 fully saturated rings. The van der Waals surface area contributed by atoms with Gasteiger partial charge in [-0.2, -0.15) is 13.2 Å². The third kappa shape index (κ3) is 4.09. The van der Waals surface area contributed by atoms with Gasteiger partial charge < -0.3 is 4.90 Å². The Labute approximate surface area is 129 Å². The fourth-order valence-corrected chi connectivity index (χ4v) is 2.85. The van der Waals surface area contributed by atoms with Gasteiger partial charge in [0.1, 0.15) is 0 Å². The molecule has 1 aliphatic heterocycles. The van der Waals surface area contributed by atoms with Crippen molar-refractivity contribution >= 4 is 27.9 Å². The Morgan fingerprint density at radius 2 is 1.76 bits per heavy atom. The molecule has 0 N–H and O–H groups in total. The highest BCUT2D eigenvalue weighted by Gasteiger charge is 2.43. The lowest BCUT2D eigenvalue weighted by atomic mass is 9.89. The van der Waals surface area contributed by atoms with Crippen molar-refractivity contribution in [3.8, 4) is 0 Å². The maximum Gasteiger partial charge on any atom is 0.471 e. The fraction of sp³-hybridized carbons (Fsp3) is 0.400. The number of alkyl halides is 3. The van der Waals surface area contributed by atoms with Crippen molar-refractivity contribution in [2.45, 2.75) is 24.9 Å². The van der Waals surface area contributed by atoms with Gasteiger partial charge in [0.25, 0.3) is 0 Å². The maximum atomic E-state index is 12.4. The van der Waals surface area contributed by atoms with E-state index in [1.54, 1.807) is 4.99 Å². The van der Waals surface area contributed by atoms with E-state index < -0.39 is 12.1 Å². The Bertz CT molecular complexity index is 517. The van der Waals surface area contributed by atoms with Crippen LogP contribution in [0.2, 0.25) is 0 Å². The number of likely N-dealkylation sites (tertiary alicyclic amines) is 1. The minimum atomic E-state index is -4.77. The molecule has 1 aromatic carbocycles. The summed E-state index contributed by atoms with van der Waals surface area (Å²) in [6.07, 6.45) is -1.73. The SMILES string of the molecule is O=C(N1CCC(c2ccc(C=CBr)cc2)CC1)C(F)(F)F. The monoisotopic (exact) mass is 361 g/mol. The number of halogens is 4. The Kier molecular flexibility index (Phi) is 5.08. The van der Waals surface area contributed by atoms with Crippen LogP contribution < -0.4 is 0 Å². The number of piperidine rings is 1. The standard InChI is InChI=1S/C15H15BrF3NO/c16-8-5-11-1-3-12(4-2-11)13-6-9-20(10-7-13)14(21)15(17,18)19/h1-5,8,13H,6-7,9-10H2. The quantitative estimate of drug-likeness (QED) is 0.767. The molecule has 0 bridgehead atoms. The number of nitrogens with zero attached hydrogens (tertiary/aromatic N) is 1. The second-order valence-corrected chi connectivity index (χ2v) is 5.55. The van der Waals surface area contributed by atoms with Gasteiger partial charge in [0.15, 0.2) is 0 Å². The lowest BCUT2D eigenvalue weighted by Gasteiger charge is -2.32. The molecule has 1 heterocycles. The van der Waals surface area contributed by atoms with Crippen LogP contribution in [0.3, 0.4) is 0 Å². The third-order valence-electron chi connectivity index (χ3n) is 3.69. The number of carbonyl (C=O) groups is 1. The zero-order chi connectivity index (χ0) is 15.5. The second-order valence-electron chi connectivity index (χ2n) is 5.02. The van der Waals surface area contributed by atoms with Gasteiger partial charge in [-0.1, -0.05) is 40.2 Å². The summed E-state index contributed by atoms with van der Waals surface area (Å²) >= 11 is 3.21. The van der Waals surface area contributed by atoms with E-state index in [-0.39, 0.29) is 19.0 Å². The third-order valence-corrected chi connectivity index (χ3v) is 3.95. The molecule has 114 valence electrons. The van der Waals surface area contributed by atoms with Gasteiger partial charge in [0, 0.05) is 13.1 Å². The van der Waals surface area contributed by atoms with Crippen LogP contribution in [-0.2, 0) is 4.79 Å². The van der Waals surface area contributed by atoms with Crippen molar-refractivity contribution in [2.75, 3.05) is 13.1 Å². The van der Waals surface area contributed by atoms with E-state index in [0.717, 1.165) is 16.0 Å². The van der Waals surface area contributed by atoms with E-state index in [1.165, 1.54) is 0 Å². The van der Waals surface area contributed by atoms with Crippen molar-refractivity contribution < 1.29 is 18.0 Å². The van der Waals surface area contributed by atoms with Gasteiger partial charge in [0.05, 0.1) is 0 Å². The summed E-state index contributed by atoms with van der Waals surface area (Å²) in [5.74, 6) is -1.51. The summed E-state index contributed by atoms with van der Waals surface area (Å²) in [6, 6.07) is 7.93. The first-order valence-corrected chi connectivity index (χ1v) is 7.56. The molecule has 0 radical (unpaired) electrons. The summed E-state index contributed by atoms with van der Waals surface area (Å²) in [5, 5.41) is 0. The molecule has 21 heavy (non-hydrogen) atoms. The molecule has 1 amide bonds. The molecule has 0 spiro atoms. The molecule has 1 aromatic rings. The smallest absolute Gasteiger partial charge is 0.335 e. The zero-order valence-corrected chi connectivity index (χ0v) is 12.8.